The fourth-order valence-electron chi connectivity index (χ4n) is 4.83. The Hall–Kier alpha value is -3.40. The Morgan fingerprint density at radius 2 is 1.94 bits per heavy atom. The number of fused-ring (bicyclic) bond motifs is 2. The Labute approximate surface area is 192 Å². The summed E-state index contributed by atoms with van der Waals surface area (Å²) in [5, 5.41) is 0. The highest BCUT2D eigenvalue weighted by molar-refractivity contribution is 7.92. The number of benzene rings is 2. The number of rotatable bonds is 5. The van der Waals surface area contributed by atoms with E-state index < -0.39 is 10.0 Å². The van der Waals surface area contributed by atoms with Crippen LogP contribution in [0, 0.1) is 0 Å². The van der Waals surface area contributed by atoms with Gasteiger partial charge in [-0.3, -0.25) is 19.2 Å². The van der Waals surface area contributed by atoms with E-state index in [1.807, 2.05) is 0 Å². The van der Waals surface area contributed by atoms with Crippen molar-refractivity contribution in [3.05, 3.63) is 53.6 Å². The van der Waals surface area contributed by atoms with Crippen molar-refractivity contribution in [3.63, 3.8) is 0 Å². The van der Waals surface area contributed by atoms with Gasteiger partial charge < -0.3 is 9.80 Å². The van der Waals surface area contributed by atoms with Crippen LogP contribution in [-0.4, -0.2) is 55.2 Å². The number of imide groups is 1. The molecule has 0 saturated carbocycles. The molecule has 0 aliphatic carbocycles. The molecule has 9 nitrogen and oxygen atoms in total. The number of nitrogens with zero attached hydrogens (tertiary/aromatic N) is 3. The molecule has 1 atom stereocenters. The normalized spacial score (nSPS) is 19.8. The number of nitrogens with one attached hydrogen (secondary N) is 1. The highest BCUT2D eigenvalue weighted by Crippen LogP contribution is 2.31. The molecule has 2 fully saturated rings. The van der Waals surface area contributed by atoms with Gasteiger partial charge in [0.2, 0.25) is 5.91 Å². The van der Waals surface area contributed by atoms with Crippen LogP contribution in [0.3, 0.4) is 0 Å². The number of urea groups is 1. The Balaban J connectivity index is 1.33. The van der Waals surface area contributed by atoms with Crippen molar-refractivity contribution < 1.29 is 22.8 Å². The molecule has 2 aromatic rings. The molecule has 3 aliphatic heterocycles. The summed E-state index contributed by atoms with van der Waals surface area (Å²) in [4.78, 5) is 41.5. The third kappa shape index (κ3) is 3.74. The number of hydrogen-bond donors (Lipinski definition) is 1. The molecule has 0 spiro atoms. The van der Waals surface area contributed by atoms with Gasteiger partial charge in [-0.1, -0.05) is 12.1 Å². The van der Waals surface area contributed by atoms with Crippen molar-refractivity contribution in [2.24, 2.45) is 0 Å². The average Bonchev–Trinajstić information content (AvgIpc) is 3.47. The molecular formula is C23H24N4O5S. The maximum absolute atomic E-state index is 13.0. The van der Waals surface area contributed by atoms with E-state index in [-0.39, 0.29) is 35.3 Å². The number of amides is 4. The quantitative estimate of drug-likeness (QED) is 0.678. The van der Waals surface area contributed by atoms with Crippen molar-refractivity contribution in [3.8, 4) is 0 Å². The third-order valence-electron chi connectivity index (χ3n) is 6.44. The van der Waals surface area contributed by atoms with Gasteiger partial charge in [0.05, 0.1) is 11.4 Å². The lowest BCUT2D eigenvalue weighted by molar-refractivity contribution is -0.128. The molecule has 2 aromatic carbocycles. The second-order valence-corrected chi connectivity index (χ2v) is 10.3. The van der Waals surface area contributed by atoms with Crippen LogP contribution < -0.4 is 9.62 Å². The van der Waals surface area contributed by atoms with E-state index in [2.05, 4.69) is 4.72 Å². The molecule has 4 amide bonds. The molecule has 33 heavy (non-hydrogen) atoms. The van der Waals surface area contributed by atoms with Gasteiger partial charge in [0.1, 0.15) is 6.04 Å². The van der Waals surface area contributed by atoms with Gasteiger partial charge in [-0.05, 0) is 60.7 Å². The molecule has 3 aliphatic rings. The lowest BCUT2D eigenvalue weighted by Crippen LogP contribution is -2.32. The van der Waals surface area contributed by atoms with Crippen LogP contribution in [-0.2, 0) is 32.6 Å². The van der Waals surface area contributed by atoms with Gasteiger partial charge in [0.15, 0.2) is 0 Å². The largest absolute Gasteiger partial charge is 0.327 e. The number of carbonyl (C=O) groups is 3. The fourth-order valence-corrected chi connectivity index (χ4v) is 5.93. The molecule has 3 heterocycles. The monoisotopic (exact) mass is 468 g/mol. The number of anilines is 2. The first kappa shape index (κ1) is 21.4. The van der Waals surface area contributed by atoms with E-state index in [1.54, 1.807) is 46.2 Å². The summed E-state index contributed by atoms with van der Waals surface area (Å²) in [5.41, 5.74) is 2.56. The SMILES string of the molecule is CC(=O)N1CCc2cc(S(=O)(=O)Nc3cccc(CN4C(=O)C5CCCN5C4=O)c3)ccc21. The summed E-state index contributed by atoms with van der Waals surface area (Å²) in [5.74, 6) is -0.268. The van der Waals surface area contributed by atoms with Crippen molar-refractivity contribution in [2.45, 2.75) is 43.7 Å². The number of hydrogen-bond acceptors (Lipinski definition) is 5. The van der Waals surface area contributed by atoms with Crippen LogP contribution in [0.5, 0.6) is 0 Å². The summed E-state index contributed by atoms with van der Waals surface area (Å²) < 4.78 is 28.6. The lowest BCUT2D eigenvalue weighted by Gasteiger charge is -2.17. The molecule has 2 saturated heterocycles. The Bertz CT molecular complexity index is 1250. The molecule has 0 radical (unpaired) electrons. The molecular weight excluding hydrogens is 444 g/mol. The fraction of sp³-hybridized carbons (Fsp3) is 0.348. The maximum Gasteiger partial charge on any atom is 0.327 e. The van der Waals surface area contributed by atoms with Crippen LogP contribution in [0.2, 0.25) is 0 Å². The van der Waals surface area contributed by atoms with E-state index in [0.29, 0.717) is 37.2 Å². The van der Waals surface area contributed by atoms with Crippen LogP contribution >= 0.6 is 0 Å². The highest BCUT2D eigenvalue weighted by Gasteiger charge is 2.47. The molecule has 0 aromatic heterocycles. The van der Waals surface area contributed by atoms with Crippen LogP contribution in [0.1, 0.15) is 30.9 Å². The third-order valence-corrected chi connectivity index (χ3v) is 7.82. The van der Waals surface area contributed by atoms with Gasteiger partial charge >= 0.3 is 6.03 Å². The van der Waals surface area contributed by atoms with Crippen molar-refractivity contribution in [2.75, 3.05) is 22.7 Å². The number of sulfonamides is 1. The first-order valence-electron chi connectivity index (χ1n) is 10.9. The molecule has 5 rings (SSSR count). The summed E-state index contributed by atoms with van der Waals surface area (Å²) in [6.07, 6.45) is 2.12. The standard InChI is InChI=1S/C23H24N4O5S/c1-15(28)25-11-9-17-13-19(7-8-20(17)25)33(31,32)24-18-5-2-4-16(12-18)14-27-22(29)21-6-3-10-26(21)23(27)30/h2,4-5,7-8,12-13,21,24H,3,6,9-11,14H2,1H3. The van der Waals surface area contributed by atoms with Gasteiger partial charge in [-0.25, -0.2) is 13.2 Å². The van der Waals surface area contributed by atoms with Crippen molar-refractivity contribution in [1.82, 2.24) is 9.80 Å². The Morgan fingerprint density at radius 1 is 1.12 bits per heavy atom. The van der Waals surface area contributed by atoms with Gasteiger partial charge in [-0.15, -0.1) is 0 Å². The van der Waals surface area contributed by atoms with Gasteiger partial charge in [0.25, 0.3) is 15.9 Å². The van der Waals surface area contributed by atoms with Gasteiger partial charge in [-0.2, -0.15) is 0 Å². The van der Waals surface area contributed by atoms with E-state index in [1.165, 1.54) is 17.9 Å². The summed E-state index contributed by atoms with van der Waals surface area (Å²) in [6.45, 7) is 2.72. The van der Waals surface area contributed by atoms with E-state index >= 15 is 0 Å². The Morgan fingerprint density at radius 3 is 2.70 bits per heavy atom. The molecule has 10 heteroatoms. The second-order valence-electron chi connectivity index (χ2n) is 8.58. The van der Waals surface area contributed by atoms with Crippen LogP contribution in [0.15, 0.2) is 47.4 Å². The summed E-state index contributed by atoms with van der Waals surface area (Å²) >= 11 is 0. The van der Waals surface area contributed by atoms with E-state index in [0.717, 1.165) is 17.7 Å². The smallest absolute Gasteiger partial charge is 0.312 e. The highest BCUT2D eigenvalue weighted by atomic mass is 32.2. The summed E-state index contributed by atoms with van der Waals surface area (Å²) in [7, 11) is -3.86. The summed E-state index contributed by atoms with van der Waals surface area (Å²) in [6, 6.07) is 10.8. The zero-order valence-corrected chi connectivity index (χ0v) is 19.0. The van der Waals surface area contributed by atoms with Gasteiger partial charge in [0, 0.05) is 31.4 Å². The zero-order valence-electron chi connectivity index (χ0n) is 18.2. The molecule has 1 unspecified atom stereocenters. The number of carbonyl (C=O) groups excluding carboxylic acids is 3. The van der Waals surface area contributed by atoms with Crippen molar-refractivity contribution in [1.29, 1.82) is 0 Å². The minimum Gasteiger partial charge on any atom is -0.312 e. The van der Waals surface area contributed by atoms with Crippen molar-refractivity contribution >= 4 is 39.2 Å². The second kappa shape index (κ2) is 7.87. The molecule has 172 valence electrons. The first-order chi connectivity index (χ1) is 15.7. The maximum atomic E-state index is 13.0. The lowest BCUT2D eigenvalue weighted by atomic mass is 10.1. The average molecular weight is 469 g/mol. The van der Waals surface area contributed by atoms with E-state index in [9.17, 15) is 22.8 Å². The molecule has 1 N–H and O–H groups in total. The Kier molecular flexibility index (Phi) is 5.12. The minimum absolute atomic E-state index is 0.0744. The predicted octanol–water partition coefficient (Wildman–Crippen LogP) is 2.32. The molecule has 0 bridgehead atoms. The van der Waals surface area contributed by atoms with Crippen LogP contribution in [0.25, 0.3) is 0 Å². The first-order valence-corrected chi connectivity index (χ1v) is 12.4. The van der Waals surface area contributed by atoms with Crippen LogP contribution in [0.4, 0.5) is 16.2 Å². The minimum atomic E-state index is -3.86. The zero-order chi connectivity index (χ0) is 23.3. The topological polar surface area (TPSA) is 107 Å². The predicted molar refractivity (Wildman–Crippen MR) is 121 cm³/mol. The van der Waals surface area contributed by atoms with E-state index in [4.69, 9.17) is 0 Å².